The van der Waals surface area contributed by atoms with Gasteiger partial charge in [0.2, 0.25) is 0 Å². The van der Waals surface area contributed by atoms with Crippen molar-refractivity contribution >= 4 is 34.3 Å². The van der Waals surface area contributed by atoms with Gasteiger partial charge in [-0.3, -0.25) is 4.79 Å². The molecule has 206 valence electrons. The summed E-state index contributed by atoms with van der Waals surface area (Å²) in [6.45, 7) is -0.114. The van der Waals surface area contributed by atoms with E-state index in [0.29, 0.717) is 22.2 Å². The highest BCUT2D eigenvalue weighted by Gasteiger charge is 2.30. The van der Waals surface area contributed by atoms with E-state index in [-0.39, 0.29) is 30.3 Å². The van der Waals surface area contributed by atoms with Crippen LogP contribution >= 0.6 is 0 Å². The standard InChI is InChI=1S/C29H25F3N4O4/c30-29(31,32)20-10-5-18(6-11-20)16-40-25-22-4-2-1-3-19(22)9-14-23(25)26(37)36-24(27(38)39)15-17-7-12-21(13-8-17)35-28(33)34/h1-14,24H,15-16H2,(H,36,37)(H,38,39)(H4,33,34,35)/t24-/m0/s1. The summed E-state index contributed by atoms with van der Waals surface area (Å²) in [5.41, 5.74) is 11.6. The fourth-order valence-electron chi connectivity index (χ4n) is 4.05. The second-order valence-corrected chi connectivity index (χ2v) is 8.92. The van der Waals surface area contributed by atoms with Crippen molar-refractivity contribution in [2.75, 3.05) is 0 Å². The zero-order chi connectivity index (χ0) is 28.9. The largest absolute Gasteiger partial charge is 0.487 e. The lowest BCUT2D eigenvalue weighted by molar-refractivity contribution is -0.139. The fraction of sp³-hybridized carbons (Fsp3) is 0.138. The molecule has 0 aliphatic carbocycles. The monoisotopic (exact) mass is 550 g/mol. The van der Waals surface area contributed by atoms with E-state index in [1.165, 1.54) is 18.2 Å². The van der Waals surface area contributed by atoms with Gasteiger partial charge in [-0.15, -0.1) is 0 Å². The number of hydrogen-bond donors (Lipinski definition) is 4. The van der Waals surface area contributed by atoms with Crippen LogP contribution in [-0.4, -0.2) is 29.0 Å². The maximum Gasteiger partial charge on any atom is 0.416 e. The van der Waals surface area contributed by atoms with Gasteiger partial charge in [-0.1, -0.05) is 54.6 Å². The van der Waals surface area contributed by atoms with E-state index >= 15 is 0 Å². The van der Waals surface area contributed by atoms with Gasteiger partial charge in [-0.25, -0.2) is 9.79 Å². The first-order valence-electron chi connectivity index (χ1n) is 12.0. The lowest BCUT2D eigenvalue weighted by Crippen LogP contribution is -2.42. The average Bonchev–Trinajstić information content (AvgIpc) is 2.91. The summed E-state index contributed by atoms with van der Waals surface area (Å²) < 4.78 is 44.7. The number of carboxylic acid groups (broad SMARTS) is 1. The van der Waals surface area contributed by atoms with Crippen LogP contribution in [0.5, 0.6) is 5.75 Å². The Bertz CT molecular complexity index is 1550. The molecule has 6 N–H and O–H groups in total. The number of aliphatic carboxylic acids is 1. The van der Waals surface area contributed by atoms with Crippen molar-refractivity contribution in [1.82, 2.24) is 5.32 Å². The van der Waals surface area contributed by atoms with Crippen LogP contribution in [0.15, 0.2) is 89.9 Å². The van der Waals surface area contributed by atoms with Crippen LogP contribution in [0.3, 0.4) is 0 Å². The zero-order valence-electron chi connectivity index (χ0n) is 21.0. The molecule has 4 aromatic rings. The highest BCUT2D eigenvalue weighted by atomic mass is 19.4. The molecule has 0 aliphatic rings. The number of aliphatic imine (C=N–C) groups is 1. The summed E-state index contributed by atoms with van der Waals surface area (Å²) in [5.74, 6) is -1.86. The van der Waals surface area contributed by atoms with Crippen LogP contribution < -0.4 is 21.5 Å². The van der Waals surface area contributed by atoms with Crippen molar-refractivity contribution < 1.29 is 32.6 Å². The first kappa shape index (κ1) is 28.0. The maximum atomic E-state index is 13.3. The molecule has 0 heterocycles. The Morgan fingerprint density at radius 3 is 2.17 bits per heavy atom. The van der Waals surface area contributed by atoms with E-state index in [4.69, 9.17) is 16.2 Å². The van der Waals surface area contributed by atoms with Crippen LogP contribution in [0, 0.1) is 0 Å². The summed E-state index contributed by atoms with van der Waals surface area (Å²) in [4.78, 5) is 29.3. The predicted molar refractivity (Wildman–Crippen MR) is 144 cm³/mol. The van der Waals surface area contributed by atoms with Crippen LogP contribution in [0.25, 0.3) is 10.8 Å². The Morgan fingerprint density at radius 2 is 1.55 bits per heavy atom. The highest BCUT2D eigenvalue weighted by molar-refractivity contribution is 6.04. The lowest BCUT2D eigenvalue weighted by atomic mass is 10.0. The van der Waals surface area contributed by atoms with E-state index in [9.17, 15) is 27.9 Å². The molecule has 11 heteroatoms. The van der Waals surface area contributed by atoms with E-state index in [1.54, 1.807) is 48.5 Å². The SMILES string of the molecule is NC(N)=Nc1ccc(C[C@H](NC(=O)c2ccc3ccccc3c2OCc2ccc(C(F)(F)F)cc2)C(=O)O)cc1. The molecule has 0 aliphatic heterocycles. The van der Waals surface area contributed by atoms with Gasteiger partial charge in [0.1, 0.15) is 18.4 Å². The number of hydrogen-bond acceptors (Lipinski definition) is 4. The van der Waals surface area contributed by atoms with Crippen molar-refractivity contribution in [2.45, 2.75) is 25.2 Å². The summed E-state index contributed by atoms with van der Waals surface area (Å²) in [6.07, 6.45) is -4.48. The van der Waals surface area contributed by atoms with Gasteiger partial charge in [0.05, 0.1) is 16.8 Å². The van der Waals surface area contributed by atoms with Gasteiger partial charge < -0.3 is 26.6 Å². The number of fused-ring (bicyclic) bond motifs is 1. The third kappa shape index (κ3) is 6.87. The number of nitrogens with two attached hydrogens (primary N) is 2. The number of carbonyl (C=O) groups is 2. The number of halogens is 3. The summed E-state index contributed by atoms with van der Waals surface area (Å²) in [5, 5.41) is 13.7. The van der Waals surface area contributed by atoms with Crippen LogP contribution in [0.4, 0.5) is 18.9 Å². The summed E-state index contributed by atoms with van der Waals surface area (Å²) >= 11 is 0. The normalized spacial score (nSPS) is 12.0. The molecular weight excluding hydrogens is 525 g/mol. The number of nitrogens with one attached hydrogen (secondary N) is 1. The Labute approximate surface area is 227 Å². The van der Waals surface area contributed by atoms with Crippen molar-refractivity contribution in [3.05, 3.63) is 107 Å². The van der Waals surface area contributed by atoms with Gasteiger partial charge in [0.15, 0.2) is 5.96 Å². The molecule has 4 rings (SSSR count). The van der Waals surface area contributed by atoms with E-state index in [1.807, 2.05) is 6.07 Å². The van der Waals surface area contributed by atoms with Gasteiger partial charge in [0.25, 0.3) is 5.91 Å². The quantitative estimate of drug-likeness (QED) is 0.175. The maximum absolute atomic E-state index is 13.3. The molecule has 40 heavy (non-hydrogen) atoms. The van der Waals surface area contributed by atoms with Crippen molar-refractivity contribution in [3.8, 4) is 5.75 Å². The van der Waals surface area contributed by atoms with Crippen LogP contribution in [-0.2, 0) is 24.0 Å². The Balaban J connectivity index is 1.57. The van der Waals surface area contributed by atoms with E-state index in [2.05, 4.69) is 10.3 Å². The van der Waals surface area contributed by atoms with Gasteiger partial charge in [-0.05, 0) is 46.8 Å². The third-order valence-corrected chi connectivity index (χ3v) is 6.03. The van der Waals surface area contributed by atoms with E-state index < -0.39 is 29.7 Å². The van der Waals surface area contributed by atoms with Gasteiger partial charge in [-0.2, -0.15) is 13.2 Å². The van der Waals surface area contributed by atoms with Crippen LogP contribution in [0.1, 0.15) is 27.0 Å². The molecule has 0 unspecified atom stereocenters. The molecule has 8 nitrogen and oxygen atoms in total. The number of carboxylic acids is 1. The number of ether oxygens (including phenoxy) is 1. The Kier molecular flexibility index (Phi) is 8.23. The number of nitrogens with zero attached hydrogens (tertiary/aromatic N) is 1. The number of carbonyl (C=O) groups excluding carboxylic acids is 1. The third-order valence-electron chi connectivity index (χ3n) is 6.03. The molecule has 0 spiro atoms. The molecule has 0 saturated carbocycles. The zero-order valence-corrected chi connectivity index (χ0v) is 21.0. The molecule has 0 fully saturated rings. The molecule has 0 bridgehead atoms. The minimum atomic E-state index is -4.46. The molecule has 1 amide bonds. The molecule has 0 saturated heterocycles. The number of benzene rings is 4. The number of amides is 1. The molecule has 1 atom stereocenters. The average molecular weight is 551 g/mol. The Morgan fingerprint density at radius 1 is 0.900 bits per heavy atom. The van der Waals surface area contributed by atoms with Crippen LogP contribution in [0.2, 0.25) is 0 Å². The van der Waals surface area contributed by atoms with Crippen molar-refractivity contribution in [2.24, 2.45) is 16.5 Å². The molecule has 0 radical (unpaired) electrons. The minimum Gasteiger partial charge on any atom is -0.487 e. The van der Waals surface area contributed by atoms with Crippen molar-refractivity contribution in [1.29, 1.82) is 0 Å². The number of rotatable bonds is 9. The number of alkyl halides is 3. The number of guanidine groups is 1. The second-order valence-electron chi connectivity index (χ2n) is 8.92. The smallest absolute Gasteiger partial charge is 0.416 e. The van der Waals surface area contributed by atoms with Gasteiger partial charge >= 0.3 is 12.1 Å². The lowest BCUT2D eigenvalue weighted by Gasteiger charge is -2.18. The first-order valence-corrected chi connectivity index (χ1v) is 12.0. The molecule has 4 aromatic carbocycles. The fourth-order valence-corrected chi connectivity index (χ4v) is 4.05. The molecular formula is C29H25F3N4O4. The summed E-state index contributed by atoms with van der Waals surface area (Å²) in [7, 11) is 0. The molecule has 0 aromatic heterocycles. The first-order chi connectivity index (χ1) is 19.0. The summed E-state index contributed by atoms with van der Waals surface area (Å²) in [6, 6.07) is 20.1. The highest BCUT2D eigenvalue weighted by Crippen LogP contribution is 2.32. The van der Waals surface area contributed by atoms with Crippen molar-refractivity contribution in [3.63, 3.8) is 0 Å². The van der Waals surface area contributed by atoms with Gasteiger partial charge in [0, 0.05) is 11.8 Å². The predicted octanol–water partition coefficient (Wildman–Crippen LogP) is 4.77. The Hall–Kier alpha value is -5.06. The van der Waals surface area contributed by atoms with E-state index in [0.717, 1.165) is 17.5 Å². The minimum absolute atomic E-state index is 0.0154. The topological polar surface area (TPSA) is 140 Å². The second kappa shape index (κ2) is 11.8.